The summed E-state index contributed by atoms with van der Waals surface area (Å²) in [7, 11) is 0. The van der Waals surface area contributed by atoms with Crippen LogP contribution in [-0.2, 0) is 0 Å². The zero-order chi connectivity index (χ0) is 11.0. The third-order valence-electron chi connectivity index (χ3n) is 2.40. The molecule has 14 heavy (non-hydrogen) atoms. The Labute approximate surface area is 88.8 Å². The third-order valence-corrected chi connectivity index (χ3v) is 2.40. The first-order valence-electron chi connectivity index (χ1n) is 5.43. The molecule has 0 fully saturated rings. The van der Waals surface area contributed by atoms with Gasteiger partial charge in [-0.3, -0.25) is 0 Å². The molecule has 0 spiro atoms. The molecule has 1 nitrogen and oxygen atoms in total. The Morgan fingerprint density at radius 1 is 1.21 bits per heavy atom. The molecule has 0 aliphatic heterocycles. The van der Waals surface area contributed by atoms with Crippen molar-refractivity contribution in [2.45, 2.75) is 34.1 Å². The van der Waals surface area contributed by atoms with E-state index in [0.717, 1.165) is 25.2 Å². The molecule has 0 aromatic rings. The number of hydrogen-bond donors (Lipinski definition) is 0. The Balaban J connectivity index is 4.17. The van der Waals surface area contributed by atoms with Gasteiger partial charge in [-0.1, -0.05) is 31.2 Å². The Morgan fingerprint density at radius 3 is 2.21 bits per heavy atom. The lowest BCUT2D eigenvalue weighted by molar-refractivity contribution is 0.396. The minimum absolute atomic E-state index is 1.02. The minimum atomic E-state index is 1.02. The molecule has 0 aliphatic rings. The van der Waals surface area contributed by atoms with Crippen LogP contribution in [0.2, 0.25) is 0 Å². The minimum Gasteiger partial charge on any atom is -0.373 e. The van der Waals surface area contributed by atoms with Gasteiger partial charge in [0.15, 0.2) is 0 Å². The highest BCUT2D eigenvalue weighted by molar-refractivity contribution is 5.20. The van der Waals surface area contributed by atoms with E-state index in [1.165, 1.54) is 5.57 Å². The molecule has 0 radical (unpaired) electrons. The van der Waals surface area contributed by atoms with Crippen molar-refractivity contribution < 1.29 is 0 Å². The van der Waals surface area contributed by atoms with Gasteiger partial charge < -0.3 is 4.90 Å². The highest BCUT2D eigenvalue weighted by Gasteiger charge is 1.96. The summed E-state index contributed by atoms with van der Waals surface area (Å²) in [4.78, 5) is 2.24. The molecule has 0 aromatic heterocycles. The Kier molecular flexibility index (Phi) is 6.91. The van der Waals surface area contributed by atoms with Crippen molar-refractivity contribution in [1.82, 2.24) is 4.90 Å². The van der Waals surface area contributed by atoms with E-state index in [0.29, 0.717) is 0 Å². The van der Waals surface area contributed by atoms with Crippen molar-refractivity contribution in [3.8, 4) is 0 Å². The predicted octanol–water partition coefficient (Wildman–Crippen LogP) is 3.75. The molecule has 0 saturated carbocycles. The van der Waals surface area contributed by atoms with Gasteiger partial charge in [-0.2, -0.15) is 0 Å². The van der Waals surface area contributed by atoms with Gasteiger partial charge in [-0.15, -0.1) is 0 Å². The maximum Gasteiger partial charge on any atom is 0.0292 e. The van der Waals surface area contributed by atoms with Crippen LogP contribution in [0.5, 0.6) is 0 Å². The summed E-state index contributed by atoms with van der Waals surface area (Å²) in [5.41, 5.74) is 2.49. The van der Waals surface area contributed by atoms with Gasteiger partial charge in [-0.25, -0.2) is 0 Å². The molecule has 0 aliphatic carbocycles. The van der Waals surface area contributed by atoms with Crippen LogP contribution in [0.15, 0.2) is 36.1 Å². The molecular formula is C13H23N. The van der Waals surface area contributed by atoms with Crippen LogP contribution in [0.25, 0.3) is 0 Å². The van der Waals surface area contributed by atoms with Gasteiger partial charge in [-0.05, 0) is 33.3 Å². The lowest BCUT2D eigenvalue weighted by Crippen LogP contribution is -2.20. The summed E-state index contributed by atoms with van der Waals surface area (Å²) in [6.07, 6.45) is 7.42. The monoisotopic (exact) mass is 193 g/mol. The van der Waals surface area contributed by atoms with Crippen molar-refractivity contribution >= 4 is 0 Å². The van der Waals surface area contributed by atoms with Gasteiger partial charge in [0.2, 0.25) is 0 Å². The van der Waals surface area contributed by atoms with E-state index in [1.807, 2.05) is 0 Å². The highest BCUT2D eigenvalue weighted by atomic mass is 15.1. The number of allylic oxidation sites excluding steroid dienone is 4. The van der Waals surface area contributed by atoms with Gasteiger partial charge in [0.05, 0.1) is 0 Å². The zero-order valence-corrected chi connectivity index (χ0v) is 10.0. The van der Waals surface area contributed by atoms with Gasteiger partial charge >= 0.3 is 0 Å². The van der Waals surface area contributed by atoms with Crippen LogP contribution in [0.3, 0.4) is 0 Å². The average Bonchev–Trinajstić information content (AvgIpc) is 2.19. The Morgan fingerprint density at radius 2 is 1.79 bits per heavy atom. The Bertz CT molecular complexity index is 219. The quantitative estimate of drug-likeness (QED) is 0.581. The molecule has 0 N–H and O–H groups in total. The third kappa shape index (κ3) is 4.90. The summed E-state index contributed by atoms with van der Waals surface area (Å²) >= 11 is 0. The van der Waals surface area contributed by atoms with Gasteiger partial charge in [0, 0.05) is 18.8 Å². The molecule has 0 aromatic carbocycles. The van der Waals surface area contributed by atoms with Gasteiger partial charge in [0.1, 0.15) is 0 Å². The van der Waals surface area contributed by atoms with Crippen LogP contribution < -0.4 is 0 Å². The molecular weight excluding hydrogens is 170 g/mol. The van der Waals surface area contributed by atoms with E-state index >= 15 is 0 Å². The summed E-state index contributed by atoms with van der Waals surface area (Å²) in [6, 6.07) is 0. The normalized spacial score (nSPS) is 12.1. The summed E-state index contributed by atoms with van der Waals surface area (Å²) in [5, 5.41) is 0. The summed E-state index contributed by atoms with van der Waals surface area (Å²) < 4.78 is 0. The summed E-state index contributed by atoms with van der Waals surface area (Å²) in [5.74, 6) is 0. The maximum absolute atomic E-state index is 4.03. The van der Waals surface area contributed by atoms with Crippen molar-refractivity contribution in [2.24, 2.45) is 0 Å². The molecule has 80 valence electrons. The molecule has 0 rings (SSSR count). The molecule has 0 amide bonds. The SMILES string of the molecule is C=C(/C=C\C=C(/C)CC)N(CC)CC. The topological polar surface area (TPSA) is 3.24 Å². The van der Waals surface area contributed by atoms with E-state index in [1.54, 1.807) is 0 Å². The molecule has 0 bridgehead atoms. The summed E-state index contributed by atoms with van der Waals surface area (Å²) in [6.45, 7) is 14.7. The lowest BCUT2D eigenvalue weighted by Gasteiger charge is -2.20. The van der Waals surface area contributed by atoms with E-state index < -0.39 is 0 Å². The maximum atomic E-state index is 4.03. The van der Waals surface area contributed by atoms with Crippen molar-refractivity contribution in [1.29, 1.82) is 0 Å². The molecule has 0 unspecified atom stereocenters. The smallest absolute Gasteiger partial charge is 0.0292 e. The molecule has 0 heterocycles. The van der Waals surface area contributed by atoms with Crippen molar-refractivity contribution in [3.63, 3.8) is 0 Å². The fourth-order valence-electron chi connectivity index (χ4n) is 1.18. The van der Waals surface area contributed by atoms with E-state index in [4.69, 9.17) is 0 Å². The number of nitrogens with zero attached hydrogens (tertiary/aromatic N) is 1. The zero-order valence-electron chi connectivity index (χ0n) is 10.0. The number of hydrogen-bond acceptors (Lipinski definition) is 1. The van der Waals surface area contributed by atoms with E-state index in [9.17, 15) is 0 Å². The highest BCUT2D eigenvalue weighted by Crippen LogP contribution is 2.04. The fourth-order valence-corrected chi connectivity index (χ4v) is 1.18. The van der Waals surface area contributed by atoms with Crippen LogP contribution in [0.1, 0.15) is 34.1 Å². The standard InChI is InChI=1S/C13H23N/c1-6-12(4)10-9-11-13(5)14(7-2)8-3/h9-11H,5-8H2,1-4H3/b11-9-,12-10+. The molecule has 1 heteroatoms. The van der Waals surface area contributed by atoms with Crippen LogP contribution in [0, 0.1) is 0 Å². The van der Waals surface area contributed by atoms with E-state index in [2.05, 4.69) is 57.4 Å². The largest absolute Gasteiger partial charge is 0.373 e. The number of rotatable bonds is 6. The first-order chi connectivity index (χ1) is 6.65. The van der Waals surface area contributed by atoms with Crippen LogP contribution in [-0.4, -0.2) is 18.0 Å². The first kappa shape index (κ1) is 13.0. The second-order valence-corrected chi connectivity index (χ2v) is 3.39. The van der Waals surface area contributed by atoms with E-state index in [-0.39, 0.29) is 0 Å². The average molecular weight is 193 g/mol. The molecule has 0 atom stereocenters. The van der Waals surface area contributed by atoms with Crippen LogP contribution in [0.4, 0.5) is 0 Å². The predicted molar refractivity (Wildman–Crippen MR) is 65.2 cm³/mol. The molecule has 0 saturated heterocycles. The number of likely N-dealkylation sites (N-methyl/N-ethyl adjacent to an activating group) is 1. The van der Waals surface area contributed by atoms with Crippen molar-refractivity contribution in [2.75, 3.05) is 13.1 Å². The lowest BCUT2D eigenvalue weighted by atomic mass is 10.2. The second-order valence-electron chi connectivity index (χ2n) is 3.39. The second kappa shape index (κ2) is 7.43. The Hall–Kier alpha value is -0.980. The van der Waals surface area contributed by atoms with Crippen LogP contribution >= 0.6 is 0 Å². The first-order valence-corrected chi connectivity index (χ1v) is 5.43. The fraction of sp³-hybridized carbons (Fsp3) is 0.538. The van der Waals surface area contributed by atoms with Crippen molar-refractivity contribution in [3.05, 3.63) is 36.1 Å². The van der Waals surface area contributed by atoms with Gasteiger partial charge in [0.25, 0.3) is 0 Å².